The largest absolute Gasteiger partial charge is 0.325 e. The lowest BCUT2D eigenvalue weighted by molar-refractivity contribution is -0.117. The molecule has 120 valence electrons. The van der Waals surface area contributed by atoms with E-state index in [0.717, 1.165) is 12.8 Å². The van der Waals surface area contributed by atoms with E-state index < -0.39 is 6.17 Å². The molecule has 3 heteroatoms. The predicted molar refractivity (Wildman–Crippen MR) is 84.8 cm³/mol. The van der Waals surface area contributed by atoms with Crippen molar-refractivity contribution < 1.29 is 9.18 Å². The predicted octanol–water partition coefficient (Wildman–Crippen LogP) is 3.43. The summed E-state index contributed by atoms with van der Waals surface area (Å²) in [6, 6.07) is -0.319. The Kier molecular flexibility index (Phi) is 3.01. The van der Waals surface area contributed by atoms with Crippen LogP contribution in [0.4, 0.5) is 4.39 Å². The van der Waals surface area contributed by atoms with Crippen molar-refractivity contribution in [3.05, 3.63) is 24.3 Å². The van der Waals surface area contributed by atoms with Crippen LogP contribution in [0, 0.1) is 34.5 Å². The van der Waals surface area contributed by atoms with E-state index in [1.165, 1.54) is 0 Å². The third-order valence-corrected chi connectivity index (χ3v) is 7.61. The van der Waals surface area contributed by atoms with Crippen molar-refractivity contribution in [1.82, 2.24) is 0 Å². The minimum absolute atomic E-state index is 0.0488. The van der Waals surface area contributed by atoms with Crippen LogP contribution < -0.4 is 5.73 Å². The molecule has 2 nitrogen and oxygen atoms in total. The summed E-state index contributed by atoms with van der Waals surface area (Å²) in [5.74, 6) is 1.81. The first-order valence-corrected chi connectivity index (χ1v) is 8.66. The fraction of sp³-hybridized carbons (Fsp3) is 0.737. The summed E-state index contributed by atoms with van der Waals surface area (Å²) in [5.41, 5.74) is 6.20. The summed E-state index contributed by atoms with van der Waals surface area (Å²) in [6.07, 6.45) is 10.9. The van der Waals surface area contributed by atoms with Gasteiger partial charge in [-0.05, 0) is 59.8 Å². The zero-order valence-electron chi connectivity index (χ0n) is 13.5. The van der Waals surface area contributed by atoms with Crippen molar-refractivity contribution in [3.8, 4) is 0 Å². The Morgan fingerprint density at radius 3 is 2.82 bits per heavy atom. The van der Waals surface area contributed by atoms with Crippen molar-refractivity contribution >= 4 is 5.78 Å². The molecule has 2 N–H and O–H groups in total. The van der Waals surface area contributed by atoms with Crippen LogP contribution in [-0.4, -0.2) is 18.0 Å². The van der Waals surface area contributed by atoms with E-state index in [4.69, 9.17) is 5.73 Å². The van der Waals surface area contributed by atoms with Crippen LogP contribution in [0.3, 0.4) is 0 Å². The van der Waals surface area contributed by atoms with Gasteiger partial charge in [0.15, 0.2) is 5.78 Å². The van der Waals surface area contributed by atoms with Gasteiger partial charge in [-0.25, -0.2) is 4.39 Å². The zero-order valence-corrected chi connectivity index (χ0v) is 13.5. The van der Waals surface area contributed by atoms with Crippen molar-refractivity contribution in [2.45, 2.75) is 51.7 Å². The van der Waals surface area contributed by atoms with Gasteiger partial charge in [0.05, 0.1) is 0 Å². The Hall–Kier alpha value is -0.960. The van der Waals surface area contributed by atoms with E-state index >= 15 is 0 Å². The summed E-state index contributed by atoms with van der Waals surface area (Å²) in [7, 11) is 0. The molecule has 0 aromatic carbocycles. The smallest absolute Gasteiger partial charge is 0.156 e. The summed E-state index contributed by atoms with van der Waals surface area (Å²) in [4.78, 5) is 11.8. The van der Waals surface area contributed by atoms with Gasteiger partial charge in [0.2, 0.25) is 0 Å². The van der Waals surface area contributed by atoms with Crippen LogP contribution in [-0.2, 0) is 4.79 Å². The molecule has 8 atom stereocenters. The lowest BCUT2D eigenvalue weighted by Gasteiger charge is -2.56. The Morgan fingerprint density at radius 1 is 1.27 bits per heavy atom. The molecule has 0 aliphatic heterocycles. The number of alkyl halides is 1. The van der Waals surface area contributed by atoms with Crippen LogP contribution in [0.2, 0.25) is 0 Å². The molecule has 0 spiro atoms. The number of allylic oxidation sites excluding steroid dienone is 4. The highest BCUT2D eigenvalue weighted by molar-refractivity contribution is 5.91. The second-order valence-corrected chi connectivity index (χ2v) is 8.47. The van der Waals surface area contributed by atoms with Crippen LogP contribution >= 0.6 is 0 Å². The lowest BCUT2D eigenvalue weighted by atomic mass is 9.48. The first kappa shape index (κ1) is 14.6. The Labute approximate surface area is 132 Å². The van der Waals surface area contributed by atoms with Gasteiger partial charge in [0.25, 0.3) is 0 Å². The SMILES string of the molecule is C[C@]12C=CC(=O)C[C@H]1C=C[C@@H]1[C@@H]2CC[C@]2(C)[C@@H](N)[C@H](F)C[C@@H]12. The van der Waals surface area contributed by atoms with Crippen molar-refractivity contribution in [1.29, 1.82) is 0 Å². The number of carbonyl (C=O) groups excluding carboxylic acids is 1. The quantitative estimate of drug-likeness (QED) is 0.697. The molecule has 0 aromatic heterocycles. The van der Waals surface area contributed by atoms with Crippen LogP contribution in [0.25, 0.3) is 0 Å². The summed E-state index contributed by atoms with van der Waals surface area (Å²) in [6.45, 7) is 4.49. The van der Waals surface area contributed by atoms with Crippen molar-refractivity contribution in [3.63, 3.8) is 0 Å². The number of carbonyl (C=O) groups is 1. The van der Waals surface area contributed by atoms with E-state index in [2.05, 4.69) is 32.1 Å². The molecule has 0 unspecified atom stereocenters. The normalized spacial score (nSPS) is 56.5. The van der Waals surface area contributed by atoms with Gasteiger partial charge in [-0.2, -0.15) is 0 Å². The molecule has 22 heavy (non-hydrogen) atoms. The second kappa shape index (κ2) is 4.53. The first-order valence-electron chi connectivity index (χ1n) is 8.66. The molecular formula is C19H26FNO. The molecule has 2 saturated carbocycles. The summed E-state index contributed by atoms with van der Waals surface area (Å²) < 4.78 is 14.3. The molecule has 4 rings (SSSR count). The summed E-state index contributed by atoms with van der Waals surface area (Å²) >= 11 is 0. The van der Waals surface area contributed by atoms with Gasteiger partial charge in [-0.1, -0.05) is 32.1 Å². The molecule has 0 bridgehead atoms. The molecule has 0 radical (unpaired) electrons. The topological polar surface area (TPSA) is 43.1 Å². The van der Waals surface area contributed by atoms with Gasteiger partial charge in [0.1, 0.15) is 6.17 Å². The fourth-order valence-corrected chi connectivity index (χ4v) is 6.04. The second-order valence-electron chi connectivity index (χ2n) is 8.47. The lowest BCUT2D eigenvalue weighted by Crippen LogP contribution is -2.52. The minimum Gasteiger partial charge on any atom is -0.325 e. The number of hydrogen-bond acceptors (Lipinski definition) is 2. The van der Waals surface area contributed by atoms with E-state index in [0.29, 0.717) is 36.5 Å². The number of nitrogens with two attached hydrogens (primary N) is 1. The highest BCUT2D eigenvalue weighted by atomic mass is 19.1. The van der Waals surface area contributed by atoms with E-state index in [1.54, 1.807) is 6.08 Å². The van der Waals surface area contributed by atoms with Crippen LogP contribution in [0.1, 0.15) is 39.5 Å². The van der Waals surface area contributed by atoms with Gasteiger partial charge < -0.3 is 5.73 Å². The van der Waals surface area contributed by atoms with Crippen molar-refractivity contribution in [2.24, 2.45) is 40.2 Å². The van der Waals surface area contributed by atoms with Gasteiger partial charge in [-0.3, -0.25) is 4.79 Å². The third kappa shape index (κ3) is 1.72. The van der Waals surface area contributed by atoms with Crippen LogP contribution in [0.15, 0.2) is 24.3 Å². The number of ketones is 1. The molecular weight excluding hydrogens is 277 g/mol. The monoisotopic (exact) mass is 303 g/mol. The average molecular weight is 303 g/mol. The molecule has 4 aliphatic rings. The summed E-state index contributed by atoms with van der Waals surface area (Å²) in [5, 5.41) is 0. The van der Waals surface area contributed by atoms with E-state index in [-0.39, 0.29) is 22.7 Å². The Balaban J connectivity index is 1.73. The number of hydrogen-bond donors (Lipinski definition) is 1. The van der Waals surface area contributed by atoms with Gasteiger partial charge in [-0.15, -0.1) is 0 Å². The van der Waals surface area contributed by atoms with Crippen molar-refractivity contribution in [2.75, 3.05) is 0 Å². The third-order valence-electron chi connectivity index (χ3n) is 7.61. The van der Waals surface area contributed by atoms with E-state index in [9.17, 15) is 9.18 Å². The van der Waals surface area contributed by atoms with Crippen LogP contribution in [0.5, 0.6) is 0 Å². The molecule has 0 saturated heterocycles. The molecule has 0 aromatic rings. The molecule has 2 fully saturated rings. The highest BCUT2D eigenvalue weighted by Gasteiger charge is 2.60. The maximum atomic E-state index is 14.3. The maximum Gasteiger partial charge on any atom is 0.156 e. The standard InChI is InChI=1S/C19H26FNO/c1-18-7-5-12(22)9-11(18)3-4-13-14(18)6-8-19(2)15(13)10-16(20)17(19)21/h3-5,7,11,13-17H,6,8-10,21H2,1-2H3/t11-,13-,14+,15+,16-,17+,18+,19+/m1/s1. The Bertz CT molecular complexity index is 570. The number of rotatable bonds is 0. The molecule has 4 aliphatic carbocycles. The van der Waals surface area contributed by atoms with E-state index in [1.807, 2.05) is 0 Å². The first-order chi connectivity index (χ1) is 10.4. The zero-order chi connectivity index (χ0) is 15.7. The fourth-order valence-electron chi connectivity index (χ4n) is 6.04. The Morgan fingerprint density at radius 2 is 2.05 bits per heavy atom. The highest BCUT2D eigenvalue weighted by Crippen LogP contribution is 2.63. The number of halogens is 1. The number of fused-ring (bicyclic) bond motifs is 5. The van der Waals surface area contributed by atoms with Gasteiger partial charge in [0, 0.05) is 12.5 Å². The minimum atomic E-state index is -0.865. The average Bonchev–Trinajstić information content (AvgIpc) is 2.72. The van der Waals surface area contributed by atoms with Gasteiger partial charge >= 0.3 is 0 Å². The molecule has 0 heterocycles. The molecule has 0 amide bonds. The maximum absolute atomic E-state index is 14.3.